The lowest BCUT2D eigenvalue weighted by atomic mass is 10.1. The Kier molecular flexibility index (Phi) is 7.45. The molecule has 4 heterocycles. The van der Waals surface area contributed by atoms with Gasteiger partial charge in [-0.15, -0.1) is 0 Å². The van der Waals surface area contributed by atoms with Gasteiger partial charge < -0.3 is 4.42 Å². The molecule has 0 aliphatic carbocycles. The highest BCUT2D eigenvalue weighted by atomic mass is 28.3. The number of rotatable bonds is 7. The average Bonchev–Trinajstić information content (AvgIpc) is 4.05. The van der Waals surface area contributed by atoms with Crippen LogP contribution >= 0.6 is 0 Å². The van der Waals surface area contributed by atoms with Crippen LogP contribution in [0.1, 0.15) is 4.11 Å². The molecule has 7 heteroatoms. The molecule has 0 aliphatic heterocycles. The van der Waals surface area contributed by atoms with Crippen LogP contribution in [0.5, 0.6) is 0 Å². The predicted molar refractivity (Wildman–Crippen MR) is 265 cm³/mol. The Labute approximate surface area is 373 Å². The van der Waals surface area contributed by atoms with Crippen molar-refractivity contribution in [2.45, 2.75) is 0 Å². The molecular weight excluding hydrogens is 799 g/mol. The van der Waals surface area contributed by atoms with Crippen LogP contribution in [-0.4, -0.2) is 32.2 Å². The van der Waals surface area contributed by atoms with E-state index in [-0.39, 0.29) is 35.1 Å². The van der Waals surface area contributed by atoms with Gasteiger partial charge in [-0.2, -0.15) is 15.0 Å². The second-order valence-corrected chi connectivity index (χ2v) is 19.9. The minimum atomic E-state index is -3.16. The van der Waals surface area contributed by atoms with E-state index in [0.29, 0.717) is 28.3 Å². The summed E-state index contributed by atoms with van der Waals surface area (Å²) in [5.41, 5.74) is 4.72. The Balaban J connectivity index is 1.17. The molecule has 0 bridgehead atoms. The molecule has 0 fully saturated rings. The third-order valence-corrected chi connectivity index (χ3v) is 17.5. The fourth-order valence-electron chi connectivity index (χ4n) is 10.1. The molecule has 0 amide bonds. The Bertz CT molecular complexity index is 3760. The van der Waals surface area contributed by atoms with Gasteiger partial charge in [-0.25, -0.2) is 0 Å². The van der Waals surface area contributed by atoms with Gasteiger partial charge in [-0.05, 0) is 51.1 Å². The maximum atomic E-state index is 9.75. The van der Waals surface area contributed by atoms with E-state index in [0.717, 1.165) is 64.4 Å². The van der Waals surface area contributed by atoms with Gasteiger partial charge in [-0.3, -0.25) is 9.13 Å². The summed E-state index contributed by atoms with van der Waals surface area (Å²) in [6.07, 6.45) is 0. The zero-order valence-corrected chi connectivity index (χ0v) is 35.3. The molecule has 64 heavy (non-hydrogen) atoms. The quantitative estimate of drug-likeness (QED) is 0.118. The largest absolute Gasteiger partial charge is 0.455 e. The molecule has 0 atom stereocenters. The van der Waals surface area contributed by atoms with Crippen molar-refractivity contribution in [3.63, 3.8) is 0 Å². The molecule has 13 aromatic rings. The molecule has 0 N–H and O–H groups in total. The molecule has 0 radical (unpaired) electrons. The van der Waals surface area contributed by atoms with Crippen molar-refractivity contribution in [3.8, 4) is 23.3 Å². The highest BCUT2D eigenvalue weighted by Gasteiger charge is 2.43. The third kappa shape index (κ3) is 5.28. The molecule has 0 saturated heterocycles. The first-order valence-electron chi connectivity index (χ1n) is 22.9. The summed E-state index contributed by atoms with van der Waals surface area (Å²) in [7, 11) is -3.16. The predicted octanol–water partition coefficient (Wildman–Crippen LogP) is 11.0. The lowest BCUT2D eigenvalue weighted by Crippen LogP contribution is -2.74. The summed E-state index contributed by atoms with van der Waals surface area (Å²) in [5, 5.41) is 9.77. The van der Waals surface area contributed by atoms with Crippen LogP contribution in [0.4, 0.5) is 0 Å². The van der Waals surface area contributed by atoms with Gasteiger partial charge in [0, 0.05) is 32.3 Å². The van der Waals surface area contributed by atoms with E-state index in [1.807, 2.05) is 88.0 Å². The fourth-order valence-corrected chi connectivity index (χ4v) is 14.9. The third-order valence-electron chi connectivity index (χ3n) is 12.7. The fraction of sp³-hybridized carbons (Fsp3) is 0. The maximum Gasteiger partial charge on any atom is 0.240 e. The van der Waals surface area contributed by atoms with E-state index in [2.05, 4.69) is 127 Å². The molecule has 13 rings (SSSR count). The first-order chi connectivity index (χ1) is 33.0. The summed E-state index contributed by atoms with van der Waals surface area (Å²) in [6.45, 7) is 0. The smallest absolute Gasteiger partial charge is 0.240 e. The summed E-state index contributed by atoms with van der Waals surface area (Å²) in [6, 6.07) is 70.3. The number of hydrogen-bond donors (Lipinski definition) is 0. The maximum absolute atomic E-state index is 9.75. The van der Waals surface area contributed by atoms with Crippen LogP contribution in [0.15, 0.2) is 229 Å². The average molecular weight is 839 g/mol. The molecular formula is C57H37N5OSi. The van der Waals surface area contributed by atoms with Gasteiger partial charge >= 0.3 is 0 Å². The summed E-state index contributed by atoms with van der Waals surface area (Å²) in [5.74, 6) is 0.841. The van der Waals surface area contributed by atoms with Crippen molar-refractivity contribution in [1.82, 2.24) is 24.1 Å². The SMILES string of the molecule is [2H]c1c([2H])c([2H])c2c(oc3c([Si](c4ccccc4)(c4ccccc4)c4ccccc4)cccc32)c1-c1nc(-n2c3ccccc3c3ccccc32)nc(-n2c3ccccc3c3ccccc32)n1. The van der Waals surface area contributed by atoms with Crippen LogP contribution in [0.25, 0.3) is 88.8 Å². The summed E-state index contributed by atoms with van der Waals surface area (Å²) in [4.78, 5) is 15.9. The molecule has 0 aliphatic rings. The van der Waals surface area contributed by atoms with Crippen molar-refractivity contribution in [3.05, 3.63) is 224 Å². The molecule has 0 spiro atoms. The molecule has 6 nitrogen and oxygen atoms in total. The molecule has 4 aromatic heterocycles. The summed E-state index contributed by atoms with van der Waals surface area (Å²) < 4.78 is 40.1. The van der Waals surface area contributed by atoms with Gasteiger partial charge in [0.2, 0.25) is 11.9 Å². The van der Waals surface area contributed by atoms with E-state index in [9.17, 15) is 4.11 Å². The van der Waals surface area contributed by atoms with Crippen molar-refractivity contribution < 1.29 is 8.53 Å². The first kappa shape index (κ1) is 33.3. The second kappa shape index (κ2) is 14.3. The van der Waals surface area contributed by atoms with Crippen molar-refractivity contribution in [2.75, 3.05) is 0 Å². The molecule has 0 saturated carbocycles. The van der Waals surface area contributed by atoms with Gasteiger partial charge in [0.05, 0.1) is 31.7 Å². The lowest BCUT2D eigenvalue weighted by Gasteiger charge is -2.34. The number of fused-ring (bicyclic) bond motifs is 9. The Morgan fingerprint density at radius 3 is 1.23 bits per heavy atom. The van der Waals surface area contributed by atoms with E-state index < -0.39 is 8.07 Å². The molecule has 0 unspecified atom stereocenters. The lowest BCUT2D eigenvalue weighted by molar-refractivity contribution is 0.671. The summed E-state index contributed by atoms with van der Waals surface area (Å²) >= 11 is 0. The molecule has 300 valence electrons. The first-order valence-corrected chi connectivity index (χ1v) is 23.4. The van der Waals surface area contributed by atoms with Crippen molar-refractivity contribution in [2.24, 2.45) is 0 Å². The van der Waals surface area contributed by atoms with Gasteiger partial charge in [0.25, 0.3) is 0 Å². The number of furan rings is 1. The minimum absolute atomic E-state index is 0.0923. The number of hydrogen-bond acceptors (Lipinski definition) is 4. The highest BCUT2D eigenvalue weighted by Crippen LogP contribution is 2.38. The Hall–Kier alpha value is -8.39. The monoisotopic (exact) mass is 838 g/mol. The van der Waals surface area contributed by atoms with Crippen LogP contribution in [0.2, 0.25) is 0 Å². The highest BCUT2D eigenvalue weighted by molar-refractivity contribution is 7.20. The van der Waals surface area contributed by atoms with Crippen molar-refractivity contribution >= 4 is 94.4 Å². The minimum Gasteiger partial charge on any atom is -0.455 e. The topological polar surface area (TPSA) is 61.7 Å². The number of nitrogens with zero attached hydrogens (tertiary/aromatic N) is 5. The van der Waals surface area contributed by atoms with E-state index in [4.69, 9.17) is 19.4 Å². The van der Waals surface area contributed by atoms with E-state index >= 15 is 0 Å². The zero-order chi connectivity index (χ0) is 44.8. The second-order valence-electron chi connectivity index (χ2n) is 16.1. The Morgan fingerprint density at radius 2 is 0.781 bits per heavy atom. The Morgan fingerprint density at radius 1 is 0.375 bits per heavy atom. The van der Waals surface area contributed by atoms with Crippen LogP contribution in [0.3, 0.4) is 0 Å². The van der Waals surface area contributed by atoms with Crippen LogP contribution in [0, 0.1) is 0 Å². The van der Waals surface area contributed by atoms with Gasteiger partial charge in [0.1, 0.15) is 11.2 Å². The van der Waals surface area contributed by atoms with Gasteiger partial charge in [-0.1, -0.05) is 194 Å². The molecule has 9 aromatic carbocycles. The number of aromatic nitrogens is 5. The van der Waals surface area contributed by atoms with Crippen LogP contribution in [-0.2, 0) is 0 Å². The normalized spacial score (nSPS) is 12.7. The zero-order valence-electron chi connectivity index (χ0n) is 37.3. The van der Waals surface area contributed by atoms with E-state index in [1.54, 1.807) is 0 Å². The van der Waals surface area contributed by atoms with Crippen LogP contribution < -0.4 is 20.7 Å². The number of para-hydroxylation sites is 6. The van der Waals surface area contributed by atoms with Gasteiger partial charge in [0.15, 0.2) is 13.9 Å². The van der Waals surface area contributed by atoms with E-state index in [1.165, 1.54) is 0 Å². The number of benzene rings is 9. The standard InChI is InChI=1S/C57H37N5OSi/c1-4-20-38(21-5-1)64(39-22-6-2-7-23-39,40-24-8-3-9-25-40)52-37-19-31-46-45-30-18-32-47(53(45)63-54(46)52)55-58-56(61-48-33-14-10-26-41(48)42-27-11-15-34-49(42)61)60-57(59-55)62-50-35-16-12-28-43(50)44-29-13-17-36-51(44)62/h1-37H/i18D,30D,32D. The van der Waals surface area contributed by atoms with Crippen molar-refractivity contribution in [1.29, 1.82) is 0 Å².